The first kappa shape index (κ1) is 12.6. The van der Waals surface area contributed by atoms with Gasteiger partial charge in [0.15, 0.2) is 8.45 Å². The van der Waals surface area contributed by atoms with Gasteiger partial charge in [-0.3, -0.25) is 0 Å². The lowest BCUT2D eigenvalue weighted by Crippen LogP contribution is -2.22. The van der Waals surface area contributed by atoms with E-state index in [1.165, 1.54) is 24.9 Å². The van der Waals surface area contributed by atoms with Crippen LogP contribution in [0.1, 0.15) is 31.4 Å². The molecule has 2 aliphatic heterocycles. The first-order chi connectivity index (χ1) is 8.81. The average Bonchev–Trinajstić information content (AvgIpc) is 2.98. The molecule has 3 rings (SSSR count). The molecular formula is C14H21N2OP. The lowest BCUT2D eigenvalue weighted by atomic mass is 10.1. The van der Waals surface area contributed by atoms with Crippen LogP contribution in [0.3, 0.4) is 0 Å². The van der Waals surface area contributed by atoms with Crippen LogP contribution in [0.2, 0.25) is 0 Å². The van der Waals surface area contributed by atoms with Crippen LogP contribution in [0.15, 0.2) is 30.3 Å². The van der Waals surface area contributed by atoms with Gasteiger partial charge in [-0.1, -0.05) is 30.3 Å². The zero-order valence-corrected chi connectivity index (χ0v) is 12.0. The Hall–Kier alpha value is -0.470. The second-order valence-corrected chi connectivity index (χ2v) is 7.00. The molecule has 0 spiro atoms. The van der Waals surface area contributed by atoms with Gasteiger partial charge in [0.25, 0.3) is 0 Å². The van der Waals surface area contributed by atoms with Crippen molar-refractivity contribution in [2.75, 3.05) is 20.2 Å². The molecule has 0 aromatic heterocycles. The van der Waals surface area contributed by atoms with Crippen molar-refractivity contribution in [1.82, 2.24) is 9.34 Å². The summed E-state index contributed by atoms with van der Waals surface area (Å²) in [5.74, 6) is 0. The van der Waals surface area contributed by atoms with Crippen molar-refractivity contribution in [3.05, 3.63) is 35.9 Å². The SMILES string of the molecule is COP1N2CCC[C@H]2CN1[C@@H](C)c1ccccc1. The highest BCUT2D eigenvalue weighted by Crippen LogP contribution is 2.57. The molecule has 0 aliphatic carbocycles. The molecule has 0 saturated carbocycles. The van der Waals surface area contributed by atoms with E-state index in [0.717, 1.165) is 12.6 Å². The fourth-order valence-electron chi connectivity index (χ4n) is 3.08. The van der Waals surface area contributed by atoms with Crippen LogP contribution in [0.5, 0.6) is 0 Å². The molecule has 2 saturated heterocycles. The van der Waals surface area contributed by atoms with Crippen molar-refractivity contribution < 1.29 is 4.52 Å². The predicted octanol–water partition coefficient (Wildman–Crippen LogP) is 3.40. The Labute approximate surface area is 111 Å². The van der Waals surface area contributed by atoms with E-state index >= 15 is 0 Å². The molecule has 0 N–H and O–H groups in total. The van der Waals surface area contributed by atoms with Gasteiger partial charge in [0, 0.05) is 32.3 Å². The van der Waals surface area contributed by atoms with Gasteiger partial charge in [-0.2, -0.15) is 0 Å². The largest absolute Gasteiger partial charge is 0.335 e. The van der Waals surface area contributed by atoms with Crippen LogP contribution in [-0.2, 0) is 4.52 Å². The number of benzene rings is 1. The second kappa shape index (κ2) is 5.26. The quantitative estimate of drug-likeness (QED) is 0.778. The van der Waals surface area contributed by atoms with Gasteiger partial charge in [-0.25, -0.2) is 9.34 Å². The van der Waals surface area contributed by atoms with Crippen LogP contribution in [-0.4, -0.2) is 35.6 Å². The molecule has 1 aromatic carbocycles. The Kier molecular flexibility index (Phi) is 3.67. The summed E-state index contributed by atoms with van der Waals surface area (Å²) in [7, 11) is 1.32. The molecule has 2 heterocycles. The van der Waals surface area contributed by atoms with Crippen LogP contribution in [0.25, 0.3) is 0 Å². The molecular weight excluding hydrogens is 243 g/mol. The molecule has 0 bridgehead atoms. The highest BCUT2D eigenvalue weighted by atomic mass is 31.2. The molecule has 0 radical (unpaired) electrons. The Bertz CT molecular complexity index is 400. The minimum Gasteiger partial charge on any atom is -0.335 e. The first-order valence-corrected chi connectivity index (χ1v) is 7.90. The summed E-state index contributed by atoms with van der Waals surface area (Å²) in [5.41, 5.74) is 1.39. The zero-order valence-electron chi connectivity index (χ0n) is 11.1. The maximum atomic E-state index is 5.80. The number of hydrogen-bond donors (Lipinski definition) is 0. The predicted molar refractivity (Wildman–Crippen MR) is 75.2 cm³/mol. The summed E-state index contributed by atoms with van der Waals surface area (Å²) in [5, 5.41) is 0. The third-order valence-electron chi connectivity index (χ3n) is 4.08. The van der Waals surface area contributed by atoms with Gasteiger partial charge in [-0.15, -0.1) is 0 Å². The molecule has 3 nitrogen and oxygen atoms in total. The molecule has 98 valence electrons. The fraction of sp³-hybridized carbons (Fsp3) is 0.571. The third-order valence-corrected chi connectivity index (χ3v) is 6.32. The van der Waals surface area contributed by atoms with Gasteiger partial charge in [0.1, 0.15) is 0 Å². The summed E-state index contributed by atoms with van der Waals surface area (Å²) in [6, 6.07) is 11.9. The maximum absolute atomic E-state index is 5.80. The van der Waals surface area contributed by atoms with E-state index in [1.54, 1.807) is 0 Å². The molecule has 4 heteroatoms. The summed E-state index contributed by atoms with van der Waals surface area (Å²) in [4.78, 5) is 0. The van der Waals surface area contributed by atoms with E-state index in [4.69, 9.17) is 4.52 Å². The van der Waals surface area contributed by atoms with Crippen LogP contribution in [0.4, 0.5) is 0 Å². The van der Waals surface area contributed by atoms with Crippen molar-refractivity contribution in [2.45, 2.75) is 31.8 Å². The van der Waals surface area contributed by atoms with Gasteiger partial charge < -0.3 is 4.52 Å². The number of fused-ring (bicyclic) bond motifs is 1. The van der Waals surface area contributed by atoms with Crippen molar-refractivity contribution in [2.24, 2.45) is 0 Å². The Morgan fingerprint density at radius 2 is 2.11 bits per heavy atom. The van der Waals surface area contributed by atoms with E-state index in [-0.39, 0.29) is 0 Å². The smallest absolute Gasteiger partial charge is 0.188 e. The van der Waals surface area contributed by atoms with Crippen molar-refractivity contribution in [3.8, 4) is 0 Å². The molecule has 2 fully saturated rings. The van der Waals surface area contributed by atoms with Crippen molar-refractivity contribution in [1.29, 1.82) is 0 Å². The molecule has 1 unspecified atom stereocenters. The minimum atomic E-state index is -0.543. The van der Waals surface area contributed by atoms with Crippen molar-refractivity contribution in [3.63, 3.8) is 0 Å². The Morgan fingerprint density at radius 3 is 2.83 bits per heavy atom. The van der Waals surface area contributed by atoms with E-state index < -0.39 is 8.45 Å². The highest BCUT2D eigenvalue weighted by molar-refractivity contribution is 7.47. The molecule has 1 aromatic rings. The summed E-state index contributed by atoms with van der Waals surface area (Å²) in [6.45, 7) is 4.67. The topological polar surface area (TPSA) is 15.7 Å². The van der Waals surface area contributed by atoms with Crippen LogP contribution < -0.4 is 0 Å². The number of hydrogen-bond acceptors (Lipinski definition) is 3. The van der Waals surface area contributed by atoms with Crippen molar-refractivity contribution >= 4 is 8.45 Å². The molecule has 2 aliphatic rings. The fourth-order valence-corrected chi connectivity index (χ4v) is 5.34. The Balaban J connectivity index is 1.80. The second-order valence-electron chi connectivity index (χ2n) is 5.10. The molecule has 3 atom stereocenters. The number of rotatable bonds is 3. The summed E-state index contributed by atoms with van der Waals surface area (Å²) >= 11 is 0. The van der Waals surface area contributed by atoms with E-state index in [9.17, 15) is 0 Å². The van der Waals surface area contributed by atoms with E-state index in [2.05, 4.69) is 46.6 Å². The van der Waals surface area contributed by atoms with Crippen LogP contribution >= 0.6 is 8.45 Å². The summed E-state index contributed by atoms with van der Waals surface area (Å²) < 4.78 is 10.9. The van der Waals surface area contributed by atoms with Gasteiger partial charge in [0.05, 0.1) is 0 Å². The van der Waals surface area contributed by atoms with E-state index in [0.29, 0.717) is 6.04 Å². The Morgan fingerprint density at radius 1 is 1.33 bits per heavy atom. The molecule has 0 amide bonds. The van der Waals surface area contributed by atoms with Crippen LogP contribution in [0, 0.1) is 0 Å². The standard InChI is InChI=1S/C14H21N2OP/c1-12(13-7-4-3-5-8-13)16-11-14-9-6-10-15(14)18(16)17-2/h3-5,7-8,12,14H,6,9-11H2,1-2H3/t12-,14-,18?/m0/s1. The maximum Gasteiger partial charge on any atom is 0.188 e. The minimum absolute atomic E-state index is 0.447. The zero-order chi connectivity index (χ0) is 12.5. The van der Waals surface area contributed by atoms with Gasteiger partial charge in [-0.05, 0) is 25.3 Å². The van der Waals surface area contributed by atoms with Gasteiger partial charge >= 0.3 is 0 Å². The van der Waals surface area contributed by atoms with E-state index in [1.807, 2.05) is 7.11 Å². The number of nitrogens with zero attached hydrogens (tertiary/aromatic N) is 2. The lowest BCUT2D eigenvalue weighted by Gasteiger charge is -2.31. The highest BCUT2D eigenvalue weighted by Gasteiger charge is 2.44. The first-order valence-electron chi connectivity index (χ1n) is 6.73. The average molecular weight is 264 g/mol. The normalized spacial score (nSPS) is 30.6. The lowest BCUT2D eigenvalue weighted by molar-refractivity contribution is 0.329. The summed E-state index contributed by atoms with van der Waals surface area (Å²) in [6.07, 6.45) is 2.67. The monoisotopic (exact) mass is 264 g/mol. The third kappa shape index (κ3) is 2.10. The molecule has 18 heavy (non-hydrogen) atoms. The van der Waals surface area contributed by atoms with Gasteiger partial charge in [0.2, 0.25) is 0 Å².